The average molecular weight is 224 g/mol. The number of aromatic amines is 1. The van der Waals surface area contributed by atoms with Crippen molar-refractivity contribution in [3.05, 3.63) is 16.7 Å². The Balaban J connectivity index is 2.76. The highest BCUT2D eigenvalue weighted by atomic mass is 16.1. The summed E-state index contributed by atoms with van der Waals surface area (Å²) in [6, 6.07) is 0. The minimum atomic E-state index is -0.306. The lowest BCUT2D eigenvalue weighted by atomic mass is 9.81. The number of anilines is 2. The van der Waals surface area contributed by atoms with Crippen molar-refractivity contribution in [1.29, 1.82) is 0 Å². The minimum absolute atomic E-state index is 0.122. The summed E-state index contributed by atoms with van der Waals surface area (Å²) in [5.41, 5.74) is 5.58. The van der Waals surface area contributed by atoms with Crippen LogP contribution >= 0.6 is 0 Å². The Labute approximate surface area is 95.5 Å². The third-order valence-corrected chi connectivity index (χ3v) is 3.16. The lowest BCUT2D eigenvalue weighted by molar-refractivity contribution is 0.269. The van der Waals surface area contributed by atoms with Gasteiger partial charge in [-0.15, -0.1) is 0 Å². The first-order valence-electron chi connectivity index (χ1n) is 5.41. The highest BCUT2D eigenvalue weighted by Gasteiger charge is 2.22. The van der Waals surface area contributed by atoms with Gasteiger partial charge in [0.15, 0.2) is 5.82 Å². The van der Waals surface area contributed by atoms with Crippen LogP contribution in [0, 0.1) is 11.3 Å². The first-order valence-corrected chi connectivity index (χ1v) is 5.41. The predicted molar refractivity (Wildman–Crippen MR) is 66.4 cm³/mol. The maximum absolute atomic E-state index is 11.2. The van der Waals surface area contributed by atoms with Crippen LogP contribution in [0.5, 0.6) is 0 Å². The largest absolute Gasteiger partial charge is 0.391 e. The van der Waals surface area contributed by atoms with Gasteiger partial charge in [-0.2, -0.15) is 0 Å². The van der Waals surface area contributed by atoms with Gasteiger partial charge in [-0.25, -0.2) is 4.98 Å². The van der Waals surface area contributed by atoms with E-state index in [0.717, 1.165) is 6.54 Å². The highest BCUT2D eigenvalue weighted by molar-refractivity contribution is 5.58. The Morgan fingerprint density at radius 2 is 2.19 bits per heavy atom. The molecule has 5 nitrogen and oxygen atoms in total. The van der Waals surface area contributed by atoms with Crippen molar-refractivity contribution in [2.45, 2.75) is 27.7 Å². The van der Waals surface area contributed by atoms with E-state index in [1.807, 2.05) is 0 Å². The van der Waals surface area contributed by atoms with E-state index in [1.54, 1.807) is 0 Å². The van der Waals surface area contributed by atoms with E-state index in [0.29, 0.717) is 11.7 Å². The molecule has 1 rings (SSSR count). The van der Waals surface area contributed by atoms with Crippen molar-refractivity contribution in [2.75, 3.05) is 17.6 Å². The number of nitrogens with one attached hydrogen (secondary N) is 2. The molecule has 0 saturated heterocycles. The quantitative estimate of drug-likeness (QED) is 0.722. The smallest absolute Gasteiger partial charge is 0.276 e. The second kappa shape index (κ2) is 4.55. The average Bonchev–Trinajstić information content (AvgIpc) is 2.20. The van der Waals surface area contributed by atoms with E-state index in [-0.39, 0.29) is 16.7 Å². The Morgan fingerprint density at radius 3 is 2.75 bits per heavy atom. The molecule has 0 aliphatic rings. The normalized spacial score (nSPS) is 11.8. The van der Waals surface area contributed by atoms with Crippen LogP contribution in [0.2, 0.25) is 0 Å². The summed E-state index contributed by atoms with van der Waals surface area (Å²) in [6.45, 7) is 9.37. The Bertz CT molecular complexity index is 409. The number of H-pyrrole nitrogens is 1. The van der Waals surface area contributed by atoms with Crippen molar-refractivity contribution in [2.24, 2.45) is 11.3 Å². The number of aromatic nitrogens is 2. The highest BCUT2D eigenvalue weighted by Crippen LogP contribution is 2.26. The number of hydrogen-bond donors (Lipinski definition) is 3. The van der Waals surface area contributed by atoms with Crippen LogP contribution in [0.4, 0.5) is 11.5 Å². The molecule has 4 N–H and O–H groups in total. The van der Waals surface area contributed by atoms with Gasteiger partial charge in [-0.3, -0.25) is 4.79 Å². The number of nitrogens with two attached hydrogens (primary N) is 1. The van der Waals surface area contributed by atoms with Crippen molar-refractivity contribution in [1.82, 2.24) is 9.97 Å². The van der Waals surface area contributed by atoms with Gasteiger partial charge in [0.05, 0.1) is 6.33 Å². The molecule has 0 aliphatic heterocycles. The standard InChI is InChI=1S/C11H20N4O/c1-7(2)11(3,4)5-13-9-8(12)10(16)15-6-14-9/h6-7H,5,12H2,1-4H3,(H2,13,14,15,16). The van der Waals surface area contributed by atoms with Crippen LogP contribution in [0.1, 0.15) is 27.7 Å². The molecule has 0 radical (unpaired) electrons. The number of hydrogen-bond acceptors (Lipinski definition) is 4. The van der Waals surface area contributed by atoms with E-state index in [4.69, 9.17) is 5.73 Å². The van der Waals surface area contributed by atoms with E-state index in [1.165, 1.54) is 6.33 Å². The summed E-state index contributed by atoms with van der Waals surface area (Å²) >= 11 is 0. The first kappa shape index (κ1) is 12.5. The summed E-state index contributed by atoms with van der Waals surface area (Å²) in [6.07, 6.45) is 1.35. The van der Waals surface area contributed by atoms with Crippen molar-refractivity contribution in [3.63, 3.8) is 0 Å². The zero-order valence-electron chi connectivity index (χ0n) is 10.3. The van der Waals surface area contributed by atoms with Crippen molar-refractivity contribution in [3.8, 4) is 0 Å². The molecule has 90 valence electrons. The van der Waals surface area contributed by atoms with Crippen LogP contribution in [-0.4, -0.2) is 16.5 Å². The minimum Gasteiger partial charge on any atom is -0.391 e. The van der Waals surface area contributed by atoms with Gasteiger partial charge in [0.2, 0.25) is 0 Å². The number of rotatable bonds is 4. The maximum atomic E-state index is 11.2. The zero-order valence-corrected chi connectivity index (χ0v) is 10.3. The summed E-state index contributed by atoms with van der Waals surface area (Å²) in [4.78, 5) is 17.7. The monoisotopic (exact) mass is 224 g/mol. The SMILES string of the molecule is CC(C)C(C)(C)CNc1nc[nH]c(=O)c1N. The topological polar surface area (TPSA) is 83.8 Å². The third-order valence-electron chi connectivity index (χ3n) is 3.16. The van der Waals surface area contributed by atoms with Gasteiger partial charge < -0.3 is 16.0 Å². The van der Waals surface area contributed by atoms with E-state index < -0.39 is 0 Å². The molecular weight excluding hydrogens is 204 g/mol. The fraction of sp³-hybridized carbons (Fsp3) is 0.636. The maximum Gasteiger partial charge on any atom is 0.276 e. The van der Waals surface area contributed by atoms with Crippen LogP contribution < -0.4 is 16.6 Å². The summed E-state index contributed by atoms with van der Waals surface area (Å²) in [5.74, 6) is 0.987. The summed E-state index contributed by atoms with van der Waals surface area (Å²) < 4.78 is 0. The van der Waals surface area contributed by atoms with Gasteiger partial charge >= 0.3 is 0 Å². The molecule has 1 heterocycles. The molecule has 0 amide bonds. The molecule has 0 spiro atoms. The molecular formula is C11H20N4O. The van der Waals surface area contributed by atoms with E-state index >= 15 is 0 Å². The van der Waals surface area contributed by atoms with Crippen LogP contribution in [0.15, 0.2) is 11.1 Å². The molecule has 0 aromatic carbocycles. The number of nitrogen functional groups attached to an aromatic ring is 1. The van der Waals surface area contributed by atoms with Gasteiger partial charge in [0.1, 0.15) is 5.69 Å². The van der Waals surface area contributed by atoms with Crippen LogP contribution in [0.25, 0.3) is 0 Å². The molecule has 0 bridgehead atoms. The Kier molecular flexibility index (Phi) is 3.57. The molecule has 1 aromatic heterocycles. The fourth-order valence-electron chi connectivity index (χ4n) is 1.07. The number of nitrogens with zero attached hydrogens (tertiary/aromatic N) is 1. The predicted octanol–water partition coefficient (Wildman–Crippen LogP) is 1.45. The summed E-state index contributed by atoms with van der Waals surface area (Å²) in [5, 5.41) is 3.12. The van der Waals surface area contributed by atoms with Crippen molar-refractivity contribution >= 4 is 11.5 Å². The second-order valence-electron chi connectivity index (χ2n) is 4.99. The third kappa shape index (κ3) is 2.74. The van der Waals surface area contributed by atoms with Gasteiger partial charge in [-0.05, 0) is 11.3 Å². The molecule has 0 aliphatic carbocycles. The van der Waals surface area contributed by atoms with Gasteiger partial charge in [-0.1, -0.05) is 27.7 Å². The fourth-order valence-corrected chi connectivity index (χ4v) is 1.07. The van der Waals surface area contributed by atoms with Gasteiger partial charge in [0.25, 0.3) is 5.56 Å². The van der Waals surface area contributed by atoms with Crippen molar-refractivity contribution < 1.29 is 0 Å². The van der Waals surface area contributed by atoms with Crippen LogP contribution in [0.3, 0.4) is 0 Å². The second-order valence-corrected chi connectivity index (χ2v) is 4.99. The lowest BCUT2D eigenvalue weighted by Gasteiger charge is -2.29. The first-order chi connectivity index (χ1) is 7.34. The molecule has 16 heavy (non-hydrogen) atoms. The van der Waals surface area contributed by atoms with Crippen LogP contribution in [-0.2, 0) is 0 Å². The molecule has 1 aromatic rings. The summed E-state index contributed by atoms with van der Waals surface area (Å²) in [7, 11) is 0. The molecule has 0 saturated carbocycles. The molecule has 0 fully saturated rings. The molecule has 0 unspecified atom stereocenters. The Hall–Kier alpha value is -1.52. The lowest BCUT2D eigenvalue weighted by Crippen LogP contribution is -2.29. The Morgan fingerprint density at radius 1 is 1.56 bits per heavy atom. The van der Waals surface area contributed by atoms with Gasteiger partial charge in [0, 0.05) is 6.54 Å². The van der Waals surface area contributed by atoms with E-state index in [2.05, 4.69) is 43.0 Å². The van der Waals surface area contributed by atoms with E-state index in [9.17, 15) is 4.79 Å². The molecule has 0 atom stereocenters. The zero-order chi connectivity index (χ0) is 12.3. The molecule has 5 heteroatoms.